The monoisotopic (exact) mass is 364 g/mol. The molecule has 1 saturated carbocycles. The number of nitrogens with one attached hydrogen (secondary N) is 1. The predicted octanol–water partition coefficient (Wildman–Crippen LogP) is 1.52. The lowest BCUT2D eigenvalue weighted by Crippen LogP contribution is -2.39. The van der Waals surface area contributed by atoms with Crippen molar-refractivity contribution in [1.82, 2.24) is 4.90 Å². The standard InChI is InChI=1S/C18H24N2O4S/c1-11-5-4-6-12(2)16(11)19-17(21)14-9-15(14)18(22)20(3)13-7-8-25(23,24)10-13/h4-6,13-15H,7-10H2,1-3H3,(H,19,21). The molecule has 3 atom stereocenters. The summed E-state index contributed by atoms with van der Waals surface area (Å²) in [5, 5.41) is 2.94. The van der Waals surface area contributed by atoms with Gasteiger partial charge in [0.1, 0.15) is 0 Å². The van der Waals surface area contributed by atoms with Crippen LogP contribution in [0.2, 0.25) is 0 Å². The number of nitrogens with zero attached hydrogens (tertiary/aromatic N) is 1. The zero-order chi connectivity index (χ0) is 18.4. The van der Waals surface area contributed by atoms with Crippen LogP contribution in [0.5, 0.6) is 0 Å². The molecule has 1 aromatic rings. The molecule has 0 bridgehead atoms. The smallest absolute Gasteiger partial charge is 0.228 e. The van der Waals surface area contributed by atoms with Crippen molar-refractivity contribution in [2.75, 3.05) is 23.9 Å². The predicted molar refractivity (Wildman–Crippen MR) is 96.0 cm³/mol. The molecule has 0 aromatic heterocycles. The van der Waals surface area contributed by atoms with Crippen molar-refractivity contribution in [2.45, 2.75) is 32.7 Å². The van der Waals surface area contributed by atoms with Gasteiger partial charge in [0.05, 0.1) is 23.3 Å². The van der Waals surface area contributed by atoms with Gasteiger partial charge in [0.25, 0.3) is 0 Å². The number of carbonyl (C=O) groups is 2. The molecule has 1 aromatic carbocycles. The van der Waals surface area contributed by atoms with Crippen LogP contribution in [0.15, 0.2) is 18.2 Å². The number of sulfone groups is 1. The maximum Gasteiger partial charge on any atom is 0.228 e. The van der Waals surface area contributed by atoms with E-state index in [-0.39, 0.29) is 41.2 Å². The first kappa shape index (κ1) is 17.9. The van der Waals surface area contributed by atoms with E-state index in [1.807, 2.05) is 32.0 Å². The van der Waals surface area contributed by atoms with Crippen LogP contribution in [0, 0.1) is 25.7 Å². The lowest BCUT2D eigenvalue weighted by molar-refractivity contribution is -0.134. The maximum absolute atomic E-state index is 12.6. The summed E-state index contributed by atoms with van der Waals surface area (Å²) in [6.07, 6.45) is 1.01. The second-order valence-corrected chi connectivity index (χ2v) is 9.44. The van der Waals surface area contributed by atoms with Gasteiger partial charge in [-0.2, -0.15) is 0 Å². The Morgan fingerprint density at radius 3 is 2.36 bits per heavy atom. The highest BCUT2D eigenvalue weighted by atomic mass is 32.2. The molecule has 0 radical (unpaired) electrons. The molecule has 3 rings (SSSR count). The first-order valence-electron chi connectivity index (χ1n) is 8.54. The zero-order valence-corrected chi connectivity index (χ0v) is 15.6. The zero-order valence-electron chi connectivity index (χ0n) is 14.8. The van der Waals surface area contributed by atoms with Crippen LogP contribution in [0.4, 0.5) is 5.69 Å². The van der Waals surface area contributed by atoms with Crippen LogP contribution >= 0.6 is 0 Å². The quantitative estimate of drug-likeness (QED) is 0.878. The lowest BCUT2D eigenvalue weighted by atomic mass is 10.1. The first-order valence-corrected chi connectivity index (χ1v) is 10.4. The number of hydrogen-bond acceptors (Lipinski definition) is 4. The second kappa shape index (κ2) is 6.44. The highest BCUT2D eigenvalue weighted by Crippen LogP contribution is 2.41. The van der Waals surface area contributed by atoms with E-state index in [1.165, 1.54) is 4.90 Å². The fourth-order valence-electron chi connectivity index (χ4n) is 3.51. The molecule has 1 heterocycles. The van der Waals surface area contributed by atoms with Gasteiger partial charge in [0.15, 0.2) is 9.84 Å². The van der Waals surface area contributed by atoms with Crippen molar-refractivity contribution in [2.24, 2.45) is 11.8 Å². The van der Waals surface area contributed by atoms with Gasteiger partial charge >= 0.3 is 0 Å². The second-order valence-electron chi connectivity index (χ2n) is 7.21. The van der Waals surface area contributed by atoms with Gasteiger partial charge in [0.2, 0.25) is 11.8 Å². The topological polar surface area (TPSA) is 83.6 Å². The Kier molecular flexibility index (Phi) is 4.62. The van der Waals surface area contributed by atoms with Crippen LogP contribution in [0.3, 0.4) is 0 Å². The Labute approximate surface area is 148 Å². The summed E-state index contributed by atoms with van der Waals surface area (Å²) in [6.45, 7) is 3.87. The number of aryl methyl sites for hydroxylation is 2. The van der Waals surface area contributed by atoms with Crippen molar-refractivity contribution in [3.05, 3.63) is 29.3 Å². The first-order chi connectivity index (χ1) is 11.7. The van der Waals surface area contributed by atoms with Crippen LogP contribution < -0.4 is 5.32 Å². The van der Waals surface area contributed by atoms with Gasteiger partial charge < -0.3 is 10.2 Å². The van der Waals surface area contributed by atoms with E-state index in [0.29, 0.717) is 12.8 Å². The van der Waals surface area contributed by atoms with E-state index >= 15 is 0 Å². The van der Waals surface area contributed by atoms with E-state index in [1.54, 1.807) is 7.05 Å². The summed E-state index contributed by atoms with van der Waals surface area (Å²) >= 11 is 0. The minimum absolute atomic E-state index is 0.0290. The summed E-state index contributed by atoms with van der Waals surface area (Å²) in [6, 6.07) is 5.55. The van der Waals surface area contributed by atoms with Crippen molar-refractivity contribution in [3.63, 3.8) is 0 Å². The molecule has 1 N–H and O–H groups in total. The normalized spacial score (nSPS) is 26.9. The SMILES string of the molecule is Cc1cccc(C)c1NC(=O)C1CC1C(=O)N(C)C1CCS(=O)(=O)C1. The van der Waals surface area contributed by atoms with Gasteiger partial charge in [-0.3, -0.25) is 9.59 Å². The Balaban J connectivity index is 1.60. The molecule has 25 heavy (non-hydrogen) atoms. The van der Waals surface area contributed by atoms with Gasteiger partial charge in [-0.05, 0) is 37.8 Å². The third-order valence-electron chi connectivity index (χ3n) is 5.28. The number of carbonyl (C=O) groups excluding carboxylic acids is 2. The van der Waals surface area contributed by atoms with Crippen molar-refractivity contribution in [3.8, 4) is 0 Å². The Hall–Kier alpha value is -1.89. The summed E-state index contributed by atoms with van der Waals surface area (Å²) in [7, 11) is -1.39. The van der Waals surface area contributed by atoms with Crippen molar-refractivity contribution >= 4 is 27.3 Å². The molecular weight excluding hydrogens is 340 g/mol. The molecule has 0 spiro atoms. The van der Waals surface area contributed by atoms with Gasteiger partial charge in [0, 0.05) is 18.8 Å². The summed E-state index contributed by atoms with van der Waals surface area (Å²) in [5.41, 5.74) is 2.79. The molecule has 136 valence electrons. The fraction of sp³-hybridized carbons (Fsp3) is 0.556. The van der Waals surface area contributed by atoms with Gasteiger partial charge in [-0.1, -0.05) is 18.2 Å². The van der Waals surface area contributed by atoms with Crippen LogP contribution in [0.25, 0.3) is 0 Å². The molecule has 1 aliphatic heterocycles. The highest BCUT2D eigenvalue weighted by molar-refractivity contribution is 7.91. The number of hydrogen-bond donors (Lipinski definition) is 1. The molecule has 1 aliphatic carbocycles. The Morgan fingerprint density at radius 1 is 1.16 bits per heavy atom. The molecule has 6 nitrogen and oxygen atoms in total. The third-order valence-corrected chi connectivity index (χ3v) is 7.03. The number of benzene rings is 1. The van der Waals surface area contributed by atoms with E-state index in [0.717, 1.165) is 16.8 Å². The van der Waals surface area contributed by atoms with Gasteiger partial charge in [-0.15, -0.1) is 0 Å². The summed E-state index contributed by atoms with van der Waals surface area (Å²) in [4.78, 5) is 26.5. The van der Waals surface area contributed by atoms with E-state index in [2.05, 4.69) is 5.32 Å². The lowest BCUT2D eigenvalue weighted by Gasteiger charge is -2.23. The molecule has 3 unspecified atom stereocenters. The van der Waals surface area contributed by atoms with E-state index in [9.17, 15) is 18.0 Å². The molecular formula is C18H24N2O4S. The Bertz CT molecular complexity index is 798. The van der Waals surface area contributed by atoms with Crippen LogP contribution in [0.1, 0.15) is 24.0 Å². The van der Waals surface area contributed by atoms with Gasteiger partial charge in [-0.25, -0.2) is 8.42 Å². The van der Waals surface area contributed by atoms with Crippen molar-refractivity contribution < 1.29 is 18.0 Å². The number of anilines is 1. The fourth-order valence-corrected chi connectivity index (χ4v) is 5.28. The Morgan fingerprint density at radius 2 is 1.80 bits per heavy atom. The maximum atomic E-state index is 12.6. The summed E-state index contributed by atoms with van der Waals surface area (Å²) < 4.78 is 23.2. The average molecular weight is 364 g/mol. The minimum Gasteiger partial charge on any atom is -0.341 e. The minimum atomic E-state index is -3.03. The molecule has 7 heteroatoms. The van der Waals surface area contributed by atoms with E-state index < -0.39 is 9.84 Å². The largest absolute Gasteiger partial charge is 0.341 e. The van der Waals surface area contributed by atoms with Crippen LogP contribution in [-0.2, 0) is 19.4 Å². The molecule has 2 amide bonds. The summed E-state index contributed by atoms with van der Waals surface area (Å²) in [5.74, 6) is -0.756. The highest BCUT2D eigenvalue weighted by Gasteiger charge is 2.50. The molecule has 2 aliphatic rings. The number of para-hydroxylation sites is 1. The molecule has 1 saturated heterocycles. The third kappa shape index (κ3) is 3.71. The van der Waals surface area contributed by atoms with E-state index in [4.69, 9.17) is 0 Å². The van der Waals surface area contributed by atoms with Crippen molar-refractivity contribution in [1.29, 1.82) is 0 Å². The number of rotatable bonds is 4. The average Bonchev–Trinajstić information content (AvgIpc) is 3.26. The number of amides is 2. The molecule has 2 fully saturated rings. The van der Waals surface area contributed by atoms with Crippen LogP contribution in [-0.4, -0.2) is 49.7 Å².